The van der Waals surface area contributed by atoms with Crippen molar-refractivity contribution < 1.29 is 4.74 Å². The summed E-state index contributed by atoms with van der Waals surface area (Å²) in [4.78, 5) is 22.4. The molecule has 138 valence electrons. The molecule has 0 saturated carbocycles. The van der Waals surface area contributed by atoms with E-state index >= 15 is 0 Å². The third-order valence-electron chi connectivity index (χ3n) is 4.22. The van der Waals surface area contributed by atoms with Gasteiger partial charge in [0.25, 0.3) is 5.56 Å². The average molecular weight is 398 g/mol. The Morgan fingerprint density at radius 3 is 2.67 bits per heavy atom. The molecule has 0 aliphatic carbocycles. The number of fused-ring (bicyclic) bond motifs is 2. The van der Waals surface area contributed by atoms with Gasteiger partial charge in [-0.05, 0) is 30.7 Å². The summed E-state index contributed by atoms with van der Waals surface area (Å²) in [7, 11) is 1.67. The number of hydrogen-bond donors (Lipinski definition) is 0. The van der Waals surface area contributed by atoms with Gasteiger partial charge in [0.1, 0.15) is 5.01 Å². The zero-order chi connectivity index (χ0) is 18.6. The second kappa shape index (κ2) is 8.21. The van der Waals surface area contributed by atoms with Crippen LogP contribution in [0.5, 0.6) is 0 Å². The highest BCUT2D eigenvalue weighted by molar-refractivity contribution is 7.98. The van der Waals surface area contributed by atoms with E-state index in [2.05, 4.69) is 11.1 Å². The Bertz CT molecular complexity index is 1100. The molecule has 0 unspecified atom stereocenters. The lowest BCUT2D eigenvalue weighted by Gasteiger charge is -2.12. The molecule has 0 spiro atoms. The minimum absolute atomic E-state index is 0.00324. The Labute approximate surface area is 165 Å². The van der Waals surface area contributed by atoms with Crippen molar-refractivity contribution in [2.45, 2.75) is 23.9 Å². The highest BCUT2D eigenvalue weighted by Crippen LogP contribution is 2.28. The summed E-state index contributed by atoms with van der Waals surface area (Å²) >= 11 is 3.25. The molecule has 27 heavy (non-hydrogen) atoms. The molecule has 2 heterocycles. The monoisotopic (exact) mass is 397 g/mol. The molecule has 0 aliphatic heterocycles. The first-order valence-corrected chi connectivity index (χ1v) is 10.5. The molecular formula is C20H19N3O2S2. The number of methoxy groups -OCH3 is 1. The number of nitrogens with zero attached hydrogens (tertiary/aromatic N) is 3. The van der Waals surface area contributed by atoms with Crippen LogP contribution in [0.25, 0.3) is 21.1 Å². The number of thioether (sulfide) groups is 1. The van der Waals surface area contributed by atoms with E-state index in [-0.39, 0.29) is 5.56 Å². The number of aromatic nitrogens is 3. The summed E-state index contributed by atoms with van der Waals surface area (Å²) in [5.41, 5.74) is 1.75. The Hall–Kier alpha value is -2.22. The van der Waals surface area contributed by atoms with Crippen molar-refractivity contribution in [3.63, 3.8) is 0 Å². The minimum atomic E-state index is 0.00324. The topological polar surface area (TPSA) is 57.0 Å². The van der Waals surface area contributed by atoms with Crippen molar-refractivity contribution in [2.24, 2.45) is 0 Å². The number of ether oxygens (including phenoxy) is 1. The van der Waals surface area contributed by atoms with Gasteiger partial charge in [-0.2, -0.15) is 0 Å². The minimum Gasteiger partial charge on any atom is -0.385 e. The number of para-hydroxylation sites is 2. The fourth-order valence-corrected chi connectivity index (χ4v) is 4.92. The van der Waals surface area contributed by atoms with E-state index < -0.39 is 0 Å². The van der Waals surface area contributed by atoms with E-state index in [1.54, 1.807) is 34.8 Å². The van der Waals surface area contributed by atoms with Crippen molar-refractivity contribution >= 4 is 44.2 Å². The largest absolute Gasteiger partial charge is 0.385 e. The van der Waals surface area contributed by atoms with Gasteiger partial charge < -0.3 is 4.74 Å². The summed E-state index contributed by atoms with van der Waals surface area (Å²) in [6.07, 6.45) is 0.769. The van der Waals surface area contributed by atoms with Crippen LogP contribution in [-0.4, -0.2) is 28.3 Å². The predicted octanol–water partition coefficient (Wildman–Crippen LogP) is 4.34. The van der Waals surface area contributed by atoms with Gasteiger partial charge in [0.15, 0.2) is 5.16 Å². The number of rotatable bonds is 7. The van der Waals surface area contributed by atoms with Crippen LogP contribution in [0.1, 0.15) is 11.4 Å². The van der Waals surface area contributed by atoms with Crippen molar-refractivity contribution in [1.82, 2.24) is 14.5 Å². The normalized spacial score (nSPS) is 11.4. The Kier molecular flexibility index (Phi) is 5.52. The first-order chi connectivity index (χ1) is 13.3. The van der Waals surface area contributed by atoms with Crippen LogP contribution in [-0.2, 0) is 17.0 Å². The maximum atomic E-state index is 13.0. The molecule has 0 radical (unpaired) electrons. The summed E-state index contributed by atoms with van der Waals surface area (Å²) in [6, 6.07) is 15.6. The predicted molar refractivity (Wildman–Crippen MR) is 112 cm³/mol. The van der Waals surface area contributed by atoms with Gasteiger partial charge in [0.05, 0.1) is 26.9 Å². The second-order valence-electron chi connectivity index (χ2n) is 6.08. The lowest BCUT2D eigenvalue weighted by atomic mass is 10.2. The summed E-state index contributed by atoms with van der Waals surface area (Å²) in [5, 5.41) is 2.42. The molecule has 0 amide bonds. The maximum absolute atomic E-state index is 13.0. The molecule has 0 bridgehead atoms. The SMILES string of the molecule is COCCCn1c(SCc2nc3ccccc3s2)nc2ccccc2c1=O. The van der Waals surface area contributed by atoms with Gasteiger partial charge in [-0.15, -0.1) is 11.3 Å². The number of hydrogen-bond acceptors (Lipinski definition) is 6. The maximum Gasteiger partial charge on any atom is 0.262 e. The van der Waals surface area contributed by atoms with Crippen molar-refractivity contribution in [2.75, 3.05) is 13.7 Å². The third kappa shape index (κ3) is 3.90. The summed E-state index contributed by atoms with van der Waals surface area (Å²) in [5.74, 6) is 0.689. The molecule has 0 N–H and O–H groups in total. The molecule has 0 fully saturated rings. The first kappa shape index (κ1) is 18.2. The van der Waals surface area contributed by atoms with E-state index in [1.165, 1.54) is 4.70 Å². The van der Waals surface area contributed by atoms with Gasteiger partial charge in [0, 0.05) is 20.3 Å². The molecule has 4 aromatic rings. The van der Waals surface area contributed by atoms with Crippen LogP contribution in [0.3, 0.4) is 0 Å². The van der Waals surface area contributed by atoms with Crippen LogP contribution >= 0.6 is 23.1 Å². The first-order valence-electron chi connectivity index (χ1n) is 8.72. The molecule has 0 saturated heterocycles. The molecule has 0 aliphatic rings. The molecule has 4 rings (SSSR count). The van der Waals surface area contributed by atoms with E-state index in [0.29, 0.717) is 24.3 Å². The van der Waals surface area contributed by atoms with Crippen molar-refractivity contribution in [3.05, 3.63) is 63.9 Å². The molecular weight excluding hydrogens is 378 g/mol. The van der Waals surface area contributed by atoms with E-state index in [4.69, 9.17) is 9.72 Å². The molecule has 0 atom stereocenters. The van der Waals surface area contributed by atoms with Crippen LogP contribution in [0, 0.1) is 0 Å². The standard InChI is InChI=1S/C20H19N3O2S2/c1-25-12-6-11-23-19(24)14-7-2-3-8-15(14)22-20(23)26-13-18-21-16-9-4-5-10-17(16)27-18/h2-5,7-10H,6,11-13H2,1H3. The fraction of sp³-hybridized carbons (Fsp3) is 0.250. The zero-order valence-corrected chi connectivity index (χ0v) is 16.6. The number of thiazole rings is 1. The molecule has 7 heteroatoms. The highest BCUT2D eigenvalue weighted by Gasteiger charge is 2.13. The van der Waals surface area contributed by atoms with Gasteiger partial charge in [-0.3, -0.25) is 9.36 Å². The lowest BCUT2D eigenvalue weighted by molar-refractivity contribution is 0.189. The van der Waals surface area contributed by atoms with Crippen LogP contribution in [0.4, 0.5) is 0 Å². The van der Waals surface area contributed by atoms with Crippen LogP contribution < -0.4 is 5.56 Å². The van der Waals surface area contributed by atoms with Gasteiger partial charge in [-0.1, -0.05) is 36.0 Å². The van der Waals surface area contributed by atoms with E-state index in [1.807, 2.05) is 42.5 Å². The lowest BCUT2D eigenvalue weighted by Crippen LogP contribution is -2.24. The molecule has 2 aromatic carbocycles. The van der Waals surface area contributed by atoms with E-state index in [9.17, 15) is 4.79 Å². The van der Waals surface area contributed by atoms with Crippen LogP contribution in [0.2, 0.25) is 0 Å². The van der Waals surface area contributed by atoms with Crippen molar-refractivity contribution in [3.8, 4) is 0 Å². The van der Waals surface area contributed by atoms with Gasteiger partial charge in [-0.25, -0.2) is 9.97 Å². The average Bonchev–Trinajstić information content (AvgIpc) is 3.11. The number of benzene rings is 2. The van der Waals surface area contributed by atoms with Gasteiger partial charge in [0.2, 0.25) is 0 Å². The summed E-state index contributed by atoms with van der Waals surface area (Å²) < 4.78 is 8.08. The second-order valence-corrected chi connectivity index (χ2v) is 8.14. The summed E-state index contributed by atoms with van der Waals surface area (Å²) in [6.45, 7) is 1.20. The quantitative estimate of drug-likeness (QED) is 0.264. The van der Waals surface area contributed by atoms with Crippen LogP contribution in [0.15, 0.2) is 58.5 Å². The van der Waals surface area contributed by atoms with Gasteiger partial charge >= 0.3 is 0 Å². The molecule has 2 aromatic heterocycles. The van der Waals surface area contributed by atoms with Crippen molar-refractivity contribution in [1.29, 1.82) is 0 Å². The Morgan fingerprint density at radius 1 is 1.07 bits per heavy atom. The molecule has 5 nitrogen and oxygen atoms in total. The fourth-order valence-electron chi connectivity index (χ4n) is 2.93. The Morgan fingerprint density at radius 2 is 1.85 bits per heavy atom. The smallest absolute Gasteiger partial charge is 0.262 e. The van der Waals surface area contributed by atoms with E-state index in [0.717, 1.165) is 27.6 Å². The zero-order valence-electron chi connectivity index (χ0n) is 14.9. The highest BCUT2D eigenvalue weighted by atomic mass is 32.2. The Balaban J connectivity index is 1.65. The third-order valence-corrected chi connectivity index (χ3v) is 6.43.